The zero-order valence-corrected chi connectivity index (χ0v) is 18.3. The Labute approximate surface area is 186 Å². The van der Waals surface area contributed by atoms with Gasteiger partial charge < -0.3 is 29.9 Å². The van der Waals surface area contributed by atoms with Gasteiger partial charge in [-0.15, -0.1) is 0 Å². The molecule has 172 valence electrons. The van der Waals surface area contributed by atoms with E-state index in [1.807, 2.05) is 0 Å². The largest absolute Gasteiger partial charge is 0.508 e. The second-order valence-corrected chi connectivity index (χ2v) is 7.67. The summed E-state index contributed by atoms with van der Waals surface area (Å²) in [5.41, 5.74) is -0.476. The van der Waals surface area contributed by atoms with Crippen LogP contribution < -0.4 is 5.32 Å². The summed E-state index contributed by atoms with van der Waals surface area (Å²) < 4.78 is 9.40. The molecule has 0 fully saturated rings. The van der Waals surface area contributed by atoms with Crippen LogP contribution in [-0.4, -0.2) is 65.5 Å². The molecule has 3 N–H and O–H groups in total. The number of nitrogens with zero attached hydrogens (tertiary/aromatic N) is 1. The number of phenols is 1. The fraction of sp³-hybridized carbons (Fsp3) is 0.348. The molecule has 0 aliphatic carbocycles. The van der Waals surface area contributed by atoms with Crippen LogP contribution in [0.5, 0.6) is 5.75 Å². The molecular formula is C23H28N2O7. The van der Waals surface area contributed by atoms with E-state index < -0.39 is 36.2 Å². The molecule has 0 saturated heterocycles. The third-order valence-electron chi connectivity index (χ3n) is 4.59. The van der Waals surface area contributed by atoms with Crippen molar-refractivity contribution in [1.82, 2.24) is 10.2 Å². The van der Waals surface area contributed by atoms with Gasteiger partial charge in [0.1, 0.15) is 18.4 Å². The lowest BCUT2D eigenvalue weighted by molar-refractivity contribution is -0.128. The van der Waals surface area contributed by atoms with Crippen LogP contribution in [0.4, 0.5) is 4.79 Å². The molecule has 0 aliphatic heterocycles. The quantitative estimate of drug-likeness (QED) is 0.507. The fourth-order valence-corrected chi connectivity index (χ4v) is 3.11. The average molecular weight is 444 g/mol. The summed E-state index contributed by atoms with van der Waals surface area (Å²) in [5.74, 6) is -1.41. The highest BCUT2D eigenvalue weighted by Gasteiger charge is 2.35. The number of ether oxygens (including phenoxy) is 2. The lowest BCUT2D eigenvalue weighted by Gasteiger charge is -2.34. The molecule has 9 nitrogen and oxygen atoms in total. The van der Waals surface area contributed by atoms with Gasteiger partial charge in [0.25, 0.3) is 5.91 Å². The number of methoxy groups -OCH3 is 1. The Balaban J connectivity index is 2.40. The number of para-hydroxylation sites is 1. The molecule has 0 aliphatic rings. The number of amides is 2. The molecule has 1 atom stereocenters. The van der Waals surface area contributed by atoms with Crippen molar-refractivity contribution in [3.63, 3.8) is 0 Å². The number of phenolic OH excluding ortho intramolecular Hbond substituents is 1. The lowest BCUT2D eigenvalue weighted by atomic mass is 10.00. The SMILES string of the molecule is COC(=O)OCC(C)(C)NC(=O)C(c1ccccc1)N(CCO)C(=O)c1ccccc1O. The van der Waals surface area contributed by atoms with Gasteiger partial charge >= 0.3 is 6.16 Å². The Morgan fingerprint density at radius 3 is 2.28 bits per heavy atom. The van der Waals surface area contributed by atoms with E-state index in [0.29, 0.717) is 5.56 Å². The van der Waals surface area contributed by atoms with Crippen LogP contribution in [0.15, 0.2) is 54.6 Å². The van der Waals surface area contributed by atoms with Crippen LogP contribution >= 0.6 is 0 Å². The maximum absolute atomic E-state index is 13.4. The summed E-state index contributed by atoms with van der Waals surface area (Å²) in [6, 6.07) is 13.5. The summed E-state index contributed by atoms with van der Waals surface area (Å²) in [6.45, 7) is 2.58. The van der Waals surface area contributed by atoms with Gasteiger partial charge in [0.2, 0.25) is 5.91 Å². The topological polar surface area (TPSA) is 125 Å². The molecule has 2 rings (SSSR count). The minimum Gasteiger partial charge on any atom is -0.507 e. The molecule has 9 heteroatoms. The smallest absolute Gasteiger partial charge is 0.507 e. The molecular weight excluding hydrogens is 416 g/mol. The fourth-order valence-electron chi connectivity index (χ4n) is 3.11. The van der Waals surface area contributed by atoms with E-state index in [2.05, 4.69) is 10.1 Å². The minimum atomic E-state index is -1.12. The number of hydrogen-bond acceptors (Lipinski definition) is 7. The van der Waals surface area contributed by atoms with Crippen molar-refractivity contribution >= 4 is 18.0 Å². The number of benzene rings is 2. The molecule has 0 spiro atoms. The zero-order chi connectivity index (χ0) is 23.7. The number of carbonyl (C=O) groups excluding carboxylic acids is 3. The van der Waals surface area contributed by atoms with Crippen LogP contribution in [-0.2, 0) is 14.3 Å². The van der Waals surface area contributed by atoms with Gasteiger partial charge in [-0.3, -0.25) is 9.59 Å². The van der Waals surface area contributed by atoms with Crippen molar-refractivity contribution in [1.29, 1.82) is 0 Å². The molecule has 0 saturated carbocycles. The number of rotatable bonds is 9. The Hall–Kier alpha value is -3.59. The van der Waals surface area contributed by atoms with Gasteiger partial charge in [-0.05, 0) is 31.5 Å². The molecule has 0 aromatic heterocycles. The first kappa shape index (κ1) is 24.7. The van der Waals surface area contributed by atoms with Gasteiger partial charge in [-0.1, -0.05) is 42.5 Å². The van der Waals surface area contributed by atoms with Crippen molar-refractivity contribution in [3.05, 3.63) is 65.7 Å². The monoisotopic (exact) mass is 444 g/mol. The van der Waals surface area contributed by atoms with Crippen LogP contribution in [0.1, 0.15) is 35.8 Å². The van der Waals surface area contributed by atoms with E-state index >= 15 is 0 Å². The number of hydrogen-bond donors (Lipinski definition) is 3. The highest BCUT2D eigenvalue weighted by molar-refractivity contribution is 6.00. The standard InChI is InChI=1S/C23H28N2O7/c1-23(2,15-32-22(30)31-3)24-20(28)19(16-9-5-4-6-10-16)25(13-14-26)21(29)17-11-7-8-12-18(17)27/h4-12,19,26-27H,13-15H2,1-3H3,(H,24,28). The molecule has 32 heavy (non-hydrogen) atoms. The lowest BCUT2D eigenvalue weighted by Crippen LogP contribution is -2.53. The summed E-state index contributed by atoms with van der Waals surface area (Å²) in [4.78, 5) is 39.2. The highest BCUT2D eigenvalue weighted by Crippen LogP contribution is 2.27. The maximum atomic E-state index is 13.4. The van der Waals surface area contributed by atoms with E-state index in [9.17, 15) is 24.6 Å². The van der Waals surface area contributed by atoms with E-state index in [4.69, 9.17) is 4.74 Å². The zero-order valence-electron chi connectivity index (χ0n) is 18.3. The predicted molar refractivity (Wildman–Crippen MR) is 116 cm³/mol. The number of aliphatic hydroxyl groups excluding tert-OH is 1. The van der Waals surface area contributed by atoms with Gasteiger partial charge in [-0.2, -0.15) is 0 Å². The molecule has 2 amide bonds. The summed E-state index contributed by atoms with van der Waals surface area (Å²) in [7, 11) is 1.18. The van der Waals surface area contributed by atoms with Gasteiger partial charge in [0, 0.05) is 6.54 Å². The average Bonchev–Trinajstić information content (AvgIpc) is 2.77. The van der Waals surface area contributed by atoms with E-state index in [0.717, 1.165) is 0 Å². The Morgan fingerprint density at radius 2 is 1.69 bits per heavy atom. The molecule has 0 heterocycles. The molecule has 2 aromatic carbocycles. The number of aromatic hydroxyl groups is 1. The summed E-state index contributed by atoms with van der Waals surface area (Å²) in [5, 5.41) is 22.6. The van der Waals surface area contributed by atoms with E-state index in [1.54, 1.807) is 56.3 Å². The highest BCUT2D eigenvalue weighted by atomic mass is 16.7. The van der Waals surface area contributed by atoms with Gasteiger partial charge in [-0.25, -0.2) is 4.79 Å². The Morgan fingerprint density at radius 1 is 1.06 bits per heavy atom. The van der Waals surface area contributed by atoms with Crippen molar-refractivity contribution in [2.24, 2.45) is 0 Å². The third kappa shape index (κ3) is 6.45. The van der Waals surface area contributed by atoms with Crippen molar-refractivity contribution in [2.75, 3.05) is 26.9 Å². The van der Waals surface area contributed by atoms with E-state index in [-0.39, 0.29) is 24.5 Å². The van der Waals surface area contributed by atoms with Gasteiger partial charge in [0.15, 0.2) is 0 Å². The number of aliphatic hydroxyl groups is 1. The molecule has 0 radical (unpaired) electrons. The van der Waals surface area contributed by atoms with Crippen molar-refractivity contribution in [2.45, 2.75) is 25.4 Å². The first-order valence-electron chi connectivity index (χ1n) is 9.97. The van der Waals surface area contributed by atoms with Crippen LogP contribution in [0.25, 0.3) is 0 Å². The van der Waals surface area contributed by atoms with Gasteiger partial charge in [0.05, 0.1) is 24.8 Å². The normalized spacial score (nSPS) is 11.9. The third-order valence-corrected chi connectivity index (χ3v) is 4.59. The second-order valence-electron chi connectivity index (χ2n) is 7.67. The maximum Gasteiger partial charge on any atom is 0.508 e. The Bertz CT molecular complexity index is 931. The second kappa shape index (κ2) is 11.1. The summed E-state index contributed by atoms with van der Waals surface area (Å²) in [6.07, 6.45) is -0.886. The van der Waals surface area contributed by atoms with E-state index in [1.165, 1.54) is 24.1 Å². The Kier molecular flexibility index (Phi) is 8.60. The van der Waals surface area contributed by atoms with Crippen LogP contribution in [0, 0.1) is 0 Å². The first-order chi connectivity index (χ1) is 15.2. The molecule has 1 unspecified atom stereocenters. The van der Waals surface area contributed by atoms with Crippen LogP contribution in [0.3, 0.4) is 0 Å². The molecule has 2 aromatic rings. The van der Waals surface area contributed by atoms with Crippen molar-refractivity contribution < 1.29 is 34.1 Å². The predicted octanol–water partition coefficient (Wildman–Crippen LogP) is 2.25. The number of nitrogens with one attached hydrogen (secondary N) is 1. The first-order valence-corrected chi connectivity index (χ1v) is 9.97. The molecule has 0 bridgehead atoms. The summed E-state index contributed by atoms with van der Waals surface area (Å²) >= 11 is 0. The minimum absolute atomic E-state index is 0.00275. The van der Waals surface area contributed by atoms with Crippen molar-refractivity contribution in [3.8, 4) is 5.75 Å². The number of carbonyl (C=O) groups is 3. The van der Waals surface area contributed by atoms with Crippen LogP contribution in [0.2, 0.25) is 0 Å².